The molecule has 1 saturated heterocycles. The third-order valence-electron chi connectivity index (χ3n) is 4.79. The van der Waals surface area contributed by atoms with Crippen molar-refractivity contribution >= 4 is 5.91 Å². The third-order valence-corrected chi connectivity index (χ3v) is 4.79. The van der Waals surface area contributed by atoms with E-state index >= 15 is 0 Å². The molecule has 3 rings (SSSR count). The first-order valence-corrected chi connectivity index (χ1v) is 9.31. The van der Waals surface area contributed by atoms with E-state index in [1.165, 1.54) is 5.56 Å². The number of benzene rings is 2. The molecular formula is C22H28N2O2. The van der Waals surface area contributed by atoms with Gasteiger partial charge in [0.1, 0.15) is 5.75 Å². The van der Waals surface area contributed by atoms with Crippen LogP contribution < -0.4 is 4.74 Å². The lowest BCUT2D eigenvalue weighted by atomic mass is 10.1. The highest BCUT2D eigenvalue weighted by Crippen LogP contribution is 2.18. The number of hydrogen-bond donors (Lipinski definition) is 0. The van der Waals surface area contributed by atoms with Crippen LogP contribution in [0.15, 0.2) is 48.5 Å². The first kappa shape index (κ1) is 18.5. The van der Waals surface area contributed by atoms with Gasteiger partial charge in [-0.25, -0.2) is 0 Å². The van der Waals surface area contributed by atoms with Crippen molar-refractivity contribution in [3.05, 3.63) is 65.2 Å². The number of nitrogens with zero attached hydrogens (tertiary/aromatic N) is 2. The normalized spacial score (nSPS) is 16.3. The van der Waals surface area contributed by atoms with E-state index < -0.39 is 6.10 Å². The molecule has 1 aliphatic rings. The van der Waals surface area contributed by atoms with Crippen LogP contribution >= 0.6 is 0 Å². The number of carbonyl (C=O) groups is 1. The summed E-state index contributed by atoms with van der Waals surface area (Å²) < 4.78 is 5.91. The summed E-state index contributed by atoms with van der Waals surface area (Å²) in [5.41, 5.74) is 3.61. The SMILES string of the molecule is Cc1cc(C)cc(O[C@H](C)C(=O)N2CCN(Cc3ccccc3)CC2)c1. The minimum Gasteiger partial charge on any atom is -0.481 e. The van der Waals surface area contributed by atoms with Gasteiger partial charge in [-0.1, -0.05) is 36.4 Å². The molecule has 1 atom stereocenters. The number of hydrogen-bond acceptors (Lipinski definition) is 3. The van der Waals surface area contributed by atoms with Gasteiger partial charge >= 0.3 is 0 Å². The van der Waals surface area contributed by atoms with Crippen molar-refractivity contribution in [1.29, 1.82) is 0 Å². The number of aryl methyl sites for hydroxylation is 2. The average Bonchev–Trinajstić information content (AvgIpc) is 2.62. The van der Waals surface area contributed by atoms with Crippen LogP contribution in [0.2, 0.25) is 0 Å². The summed E-state index contributed by atoms with van der Waals surface area (Å²) in [6, 6.07) is 16.5. The largest absolute Gasteiger partial charge is 0.481 e. The Kier molecular flexibility index (Phi) is 5.94. The van der Waals surface area contributed by atoms with Crippen LogP contribution in [0.4, 0.5) is 0 Å². The Labute approximate surface area is 156 Å². The van der Waals surface area contributed by atoms with Crippen molar-refractivity contribution in [2.75, 3.05) is 26.2 Å². The van der Waals surface area contributed by atoms with Gasteiger partial charge in [0.15, 0.2) is 6.10 Å². The van der Waals surface area contributed by atoms with Gasteiger partial charge in [0.2, 0.25) is 0 Å². The first-order valence-electron chi connectivity index (χ1n) is 9.31. The Hall–Kier alpha value is -2.33. The van der Waals surface area contributed by atoms with Gasteiger partial charge in [-0.15, -0.1) is 0 Å². The Morgan fingerprint density at radius 1 is 1.00 bits per heavy atom. The zero-order valence-electron chi connectivity index (χ0n) is 15.9. The minimum atomic E-state index is -0.461. The summed E-state index contributed by atoms with van der Waals surface area (Å²) >= 11 is 0. The molecule has 4 heteroatoms. The number of carbonyl (C=O) groups excluding carboxylic acids is 1. The van der Waals surface area contributed by atoms with Crippen molar-refractivity contribution in [3.63, 3.8) is 0 Å². The molecule has 1 aliphatic heterocycles. The van der Waals surface area contributed by atoms with Crippen LogP contribution in [0.3, 0.4) is 0 Å². The fraction of sp³-hybridized carbons (Fsp3) is 0.409. The summed E-state index contributed by atoms with van der Waals surface area (Å²) in [4.78, 5) is 17.0. The number of piperazine rings is 1. The molecule has 138 valence electrons. The zero-order chi connectivity index (χ0) is 18.5. The monoisotopic (exact) mass is 352 g/mol. The molecule has 0 aromatic heterocycles. The molecule has 0 radical (unpaired) electrons. The van der Waals surface area contributed by atoms with E-state index in [9.17, 15) is 4.79 Å². The van der Waals surface area contributed by atoms with Crippen LogP contribution in [0.1, 0.15) is 23.6 Å². The second kappa shape index (κ2) is 8.37. The second-order valence-electron chi connectivity index (χ2n) is 7.17. The second-order valence-corrected chi connectivity index (χ2v) is 7.17. The van der Waals surface area contributed by atoms with Gasteiger partial charge in [0.05, 0.1) is 0 Å². The number of ether oxygens (including phenoxy) is 1. The van der Waals surface area contributed by atoms with Crippen LogP contribution in [0.25, 0.3) is 0 Å². The Morgan fingerprint density at radius 3 is 2.23 bits per heavy atom. The molecule has 0 aliphatic carbocycles. The minimum absolute atomic E-state index is 0.0727. The molecule has 1 heterocycles. The third kappa shape index (κ3) is 4.85. The summed E-state index contributed by atoms with van der Waals surface area (Å²) in [6.45, 7) is 10.2. The maximum absolute atomic E-state index is 12.7. The summed E-state index contributed by atoms with van der Waals surface area (Å²) in [6.07, 6.45) is -0.461. The van der Waals surface area contributed by atoms with Crippen molar-refractivity contribution in [2.45, 2.75) is 33.4 Å². The van der Waals surface area contributed by atoms with Crippen LogP contribution in [0.5, 0.6) is 5.75 Å². The van der Waals surface area contributed by atoms with Gasteiger partial charge < -0.3 is 9.64 Å². The lowest BCUT2D eigenvalue weighted by Crippen LogP contribution is -2.51. The van der Waals surface area contributed by atoms with E-state index in [0.717, 1.165) is 49.6 Å². The van der Waals surface area contributed by atoms with Gasteiger partial charge in [0.25, 0.3) is 5.91 Å². The molecule has 26 heavy (non-hydrogen) atoms. The average molecular weight is 352 g/mol. The van der Waals surface area contributed by atoms with Gasteiger partial charge in [0, 0.05) is 32.7 Å². The topological polar surface area (TPSA) is 32.8 Å². The van der Waals surface area contributed by atoms with E-state index in [4.69, 9.17) is 4.74 Å². The summed E-state index contributed by atoms with van der Waals surface area (Å²) in [5, 5.41) is 0. The molecule has 0 spiro atoms. The smallest absolute Gasteiger partial charge is 0.263 e. The molecule has 1 amide bonds. The Bertz CT molecular complexity index is 717. The summed E-state index contributed by atoms with van der Waals surface area (Å²) in [7, 11) is 0. The van der Waals surface area contributed by atoms with Crippen molar-refractivity contribution in [3.8, 4) is 5.75 Å². The quantitative estimate of drug-likeness (QED) is 0.827. The van der Waals surface area contributed by atoms with Crippen molar-refractivity contribution in [2.24, 2.45) is 0 Å². The lowest BCUT2D eigenvalue weighted by Gasteiger charge is -2.36. The van der Waals surface area contributed by atoms with Crippen LogP contribution in [-0.2, 0) is 11.3 Å². The van der Waals surface area contributed by atoms with E-state index in [1.807, 2.05) is 43.9 Å². The molecule has 2 aromatic rings. The highest BCUT2D eigenvalue weighted by molar-refractivity contribution is 5.81. The molecule has 0 bridgehead atoms. The van der Waals surface area contributed by atoms with Gasteiger partial charge in [-0.05, 0) is 49.6 Å². The summed E-state index contributed by atoms with van der Waals surface area (Å²) in [5.74, 6) is 0.842. The van der Waals surface area contributed by atoms with E-state index in [-0.39, 0.29) is 5.91 Å². The molecule has 0 saturated carbocycles. The predicted molar refractivity (Wildman–Crippen MR) is 104 cm³/mol. The van der Waals surface area contributed by atoms with E-state index in [1.54, 1.807) is 0 Å². The maximum Gasteiger partial charge on any atom is 0.263 e. The molecule has 1 fully saturated rings. The fourth-order valence-electron chi connectivity index (χ4n) is 3.48. The highest BCUT2D eigenvalue weighted by atomic mass is 16.5. The van der Waals surface area contributed by atoms with E-state index in [0.29, 0.717) is 0 Å². The van der Waals surface area contributed by atoms with Crippen LogP contribution in [0, 0.1) is 13.8 Å². The molecule has 0 unspecified atom stereocenters. The van der Waals surface area contributed by atoms with Gasteiger partial charge in [-0.3, -0.25) is 9.69 Å². The molecule has 4 nitrogen and oxygen atoms in total. The lowest BCUT2D eigenvalue weighted by molar-refractivity contribution is -0.139. The standard InChI is InChI=1S/C22H28N2O2/c1-17-13-18(2)15-21(14-17)26-19(3)22(25)24-11-9-23(10-12-24)16-20-7-5-4-6-8-20/h4-8,13-15,19H,9-12,16H2,1-3H3/t19-/m1/s1. The van der Waals surface area contributed by atoms with Crippen molar-refractivity contribution < 1.29 is 9.53 Å². The Balaban J connectivity index is 1.51. The van der Waals surface area contributed by atoms with Gasteiger partial charge in [-0.2, -0.15) is 0 Å². The fourth-order valence-corrected chi connectivity index (χ4v) is 3.48. The molecular weight excluding hydrogens is 324 g/mol. The van der Waals surface area contributed by atoms with Crippen LogP contribution in [-0.4, -0.2) is 48.0 Å². The van der Waals surface area contributed by atoms with Crippen molar-refractivity contribution in [1.82, 2.24) is 9.80 Å². The maximum atomic E-state index is 12.7. The zero-order valence-corrected chi connectivity index (χ0v) is 15.9. The predicted octanol–water partition coefficient (Wildman–Crippen LogP) is 3.42. The number of amides is 1. The van der Waals surface area contributed by atoms with E-state index in [2.05, 4.69) is 35.2 Å². The highest BCUT2D eigenvalue weighted by Gasteiger charge is 2.26. The molecule has 0 N–H and O–H groups in total. The Morgan fingerprint density at radius 2 is 1.62 bits per heavy atom. The molecule has 2 aromatic carbocycles. The number of rotatable bonds is 5. The first-order chi connectivity index (χ1) is 12.5.